The number of benzene rings is 2. The molecule has 2 heterocycles. The van der Waals surface area contributed by atoms with Crippen molar-refractivity contribution in [2.45, 2.75) is 32.0 Å². The molecule has 0 aliphatic carbocycles. The third-order valence-corrected chi connectivity index (χ3v) is 5.80. The Labute approximate surface area is 178 Å². The molecule has 7 heteroatoms. The van der Waals surface area contributed by atoms with Crippen LogP contribution in [0.5, 0.6) is 0 Å². The zero-order valence-electron chi connectivity index (χ0n) is 16.9. The molecule has 152 valence electrons. The van der Waals surface area contributed by atoms with E-state index >= 15 is 0 Å². The minimum Gasteiger partial charge on any atom is -0.325 e. The van der Waals surface area contributed by atoms with Crippen LogP contribution in [-0.4, -0.2) is 26.2 Å². The SMILES string of the molecule is CCn1c(SCCC(=O)Nc2cc(C)nc3ccccc23)nc2ccccc2c1=O. The van der Waals surface area contributed by atoms with Crippen LogP contribution in [0.1, 0.15) is 19.0 Å². The Hall–Kier alpha value is -3.19. The van der Waals surface area contributed by atoms with Gasteiger partial charge in [-0.1, -0.05) is 42.1 Å². The average Bonchev–Trinajstić information content (AvgIpc) is 2.74. The van der Waals surface area contributed by atoms with E-state index in [-0.39, 0.29) is 11.5 Å². The highest BCUT2D eigenvalue weighted by Crippen LogP contribution is 2.24. The van der Waals surface area contributed by atoms with Gasteiger partial charge < -0.3 is 5.32 Å². The van der Waals surface area contributed by atoms with Crippen LogP contribution >= 0.6 is 11.8 Å². The van der Waals surface area contributed by atoms with Gasteiger partial charge in [0.05, 0.1) is 22.1 Å². The van der Waals surface area contributed by atoms with E-state index in [0.29, 0.717) is 34.8 Å². The molecule has 0 saturated heterocycles. The second-order valence-electron chi connectivity index (χ2n) is 6.94. The lowest BCUT2D eigenvalue weighted by Gasteiger charge is -2.12. The molecule has 4 rings (SSSR count). The second kappa shape index (κ2) is 8.67. The maximum Gasteiger partial charge on any atom is 0.262 e. The summed E-state index contributed by atoms with van der Waals surface area (Å²) in [4.78, 5) is 34.4. The maximum atomic E-state index is 12.7. The summed E-state index contributed by atoms with van der Waals surface area (Å²) in [5.74, 6) is 0.447. The Morgan fingerprint density at radius 2 is 1.70 bits per heavy atom. The van der Waals surface area contributed by atoms with E-state index in [1.54, 1.807) is 10.6 Å². The van der Waals surface area contributed by atoms with E-state index < -0.39 is 0 Å². The molecule has 0 atom stereocenters. The zero-order chi connectivity index (χ0) is 21.1. The summed E-state index contributed by atoms with van der Waals surface area (Å²) in [6, 6.07) is 17.0. The Morgan fingerprint density at radius 3 is 2.43 bits per heavy atom. The summed E-state index contributed by atoms with van der Waals surface area (Å²) in [7, 11) is 0. The monoisotopic (exact) mass is 418 g/mol. The largest absolute Gasteiger partial charge is 0.325 e. The van der Waals surface area contributed by atoms with E-state index in [9.17, 15) is 9.59 Å². The van der Waals surface area contributed by atoms with Crippen molar-refractivity contribution >= 4 is 45.2 Å². The highest BCUT2D eigenvalue weighted by atomic mass is 32.2. The van der Waals surface area contributed by atoms with Crippen LogP contribution < -0.4 is 10.9 Å². The Bertz CT molecular complexity index is 1300. The quantitative estimate of drug-likeness (QED) is 0.371. The minimum atomic E-state index is -0.0792. The number of rotatable bonds is 6. The van der Waals surface area contributed by atoms with Gasteiger partial charge in [0, 0.05) is 29.8 Å². The van der Waals surface area contributed by atoms with Gasteiger partial charge in [0.1, 0.15) is 0 Å². The number of thioether (sulfide) groups is 1. The predicted molar refractivity (Wildman–Crippen MR) is 122 cm³/mol. The Morgan fingerprint density at radius 1 is 1.03 bits per heavy atom. The molecule has 2 aromatic carbocycles. The van der Waals surface area contributed by atoms with E-state index in [4.69, 9.17) is 0 Å². The molecule has 0 bridgehead atoms. The van der Waals surface area contributed by atoms with Gasteiger partial charge in [0.15, 0.2) is 5.16 Å². The third-order valence-electron chi connectivity index (χ3n) is 4.82. The van der Waals surface area contributed by atoms with Crippen LogP contribution in [0.25, 0.3) is 21.8 Å². The molecule has 30 heavy (non-hydrogen) atoms. The molecule has 0 fully saturated rings. The number of carbonyl (C=O) groups excluding carboxylic acids is 1. The molecule has 1 N–H and O–H groups in total. The zero-order valence-corrected chi connectivity index (χ0v) is 17.7. The molecule has 4 aromatic rings. The molecule has 0 aliphatic heterocycles. The van der Waals surface area contributed by atoms with Gasteiger partial charge in [-0.25, -0.2) is 4.98 Å². The molecule has 0 radical (unpaired) electrons. The molecular weight excluding hydrogens is 396 g/mol. The lowest BCUT2D eigenvalue weighted by atomic mass is 10.1. The molecule has 2 aromatic heterocycles. The highest BCUT2D eigenvalue weighted by Gasteiger charge is 2.12. The van der Waals surface area contributed by atoms with Crippen LogP contribution in [0, 0.1) is 6.92 Å². The number of fused-ring (bicyclic) bond motifs is 2. The van der Waals surface area contributed by atoms with Gasteiger partial charge in [-0.15, -0.1) is 0 Å². The average molecular weight is 419 g/mol. The van der Waals surface area contributed by atoms with Crippen molar-refractivity contribution in [1.82, 2.24) is 14.5 Å². The van der Waals surface area contributed by atoms with Crippen LogP contribution in [0.15, 0.2) is 64.5 Å². The number of anilines is 1. The number of amides is 1. The van der Waals surface area contributed by atoms with Gasteiger partial charge >= 0.3 is 0 Å². The number of nitrogens with zero attached hydrogens (tertiary/aromatic N) is 3. The van der Waals surface area contributed by atoms with Crippen LogP contribution in [0.3, 0.4) is 0 Å². The van der Waals surface area contributed by atoms with Gasteiger partial charge in [-0.05, 0) is 38.1 Å². The van der Waals surface area contributed by atoms with Crippen molar-refractivity contribution in [2.75, 3.05) is 11.1 Å². The van der Waals surface area contributed by atoms with E-state index in [1.807, 2.05) is 62.4 Å². The number of nitrogens with one attached hydrogen (secondary N) is 1. The van der Waals surface area contributed by atoms with Gasteiger partial charge in [0.25, 0.3) is 5.56 Å². The van der Waals surface area contributed by atoms with Crippen molar-refractivity contribution in [3.8, 4) is 0 Å². The normalized spacial score (nSPS) is 11.1. The van der Waals surface area contributed by atoms with Crippen LogP contribution in [0.4, 0.5) is 5.69 Å². The van der Waals surface area contributed by atoms with Gasteiger partial charge in [-0.2, -0.15) is 0 Å². The summed E-state index contributed by atoms with van der Waals surface area (Å²) in [5.41, 5.74) is 3.11. The molecule has 1 amide bonds. The van der Waals surface area contributed by atoms with Crippen molar-refractivity contribution in [3.05, 3.63) is 70.6 Å². The lowest BCUT2D eigenvalue weighted by Crippen LogP contribution is -2.22. The summed E-state index contributed by atoms with van der Waals surface area (Å²) in [6.45, 7) is 4.37. The second-order valence-corrected chi connectivity index (χ2v) is 8.00. The number of carbonyl (C=O) groups is 1. The van der Waals surface area contributed by atoms with Crippen molar-refractivity contribution in [2.24, 2.45) is 0 Å². The van der Waals surface area contributed by atoms with Crippen molar-refractivity contribution in [1.29, 1.82) is 0 Å². The van der Waals surface area contributed by atoms with Gasteiger partial charge in [-0.3, -0.25) is 19.1 Å². The smallest absolute Gasteiger partial charge is 0.262 e. The highest BCUT2D eigenvalue weighted by molar-refractivity contribution is 7.99. The molecule has 0 unspecified atom stereocenters. The van der Waals surface area contributed by atoms with E-state index in [1.165, 1.54) is 11.8 Å². The summed E-state index contributed by atoms with van der Waals surface area (Å²) < 4.78 is 1.66. The standard InChI is InChI=1S/C23H22N4O2S/c1-3-27-22(29)17-9-5-7-11-19(17)26-23(27)30-13-12-21(28)25-20-14-15(2)24-18-10-6-4-8-16(18)20/h4-11,14H,3,12-13H2,1-2H3,(H,24,25,28). The van der Waals surface area contributed by atoms with Crippen LogP contribution in [0.2, 0.25) is 0 Å². The predicted octanol–water partition coefficient (Wildman–Crippen LogP) is 4.39. The fourth-order valence-electron chi connectivity index (χ4n) is 3.40. The Kier molecular flexibility index (Phi) is 5.81. The fraction of sp³-hybridized carbons (Fsp3) is 0.217. The first-order chi connectivity index (χ1) is 14.6. The topological polar surface area (TPSA) is 76.9 Å². The maximum absolute atomic E-state index is 12.7. The number of hydrogen-bond donors (Lipinski definition) is 1. The molecule has 0 spiro atoms. The van der Waals surface area contributed by atoms with Gasteiger partial charge in [0.2, 0.25) is 5.91 Å². The number of aromatic nitrogens is 3. The lowest BCUT2D eigenvalue weighted by molar-refractivity contribution is -0.115. The first-order valence-electron chi connectivity index (χ1n) is 9.85. The minimum absolute atomic E-state index is 0.0474. The third kappa shape index (κ3) is 4.07. The van der Waals surface area contributed by atoms with E-state index in [0.717, 1.165) is 22.3 Å². The fourth-order valence-corrected chi connectivity index (χ4v) is 4.40. The number of para-hydroxylation sites is 2. The molecule has 0 aliphatic rings. The molecule has 6 nitrogen and oxygen atoms in total. The number of aryl methyl sites for hydroxylation is 1. The van der Waals surface area contributed by atoms with Crippen molar-refractivity contribution < 1.29 is 4.79 Å². The first kappa shape index (κ1) is 20.1. The summed E-state index contributed by atoms with van der Waals surface area (Å²) in [5, 5.41) is 5.17. The molecule has 0 saturated carbocycles. The molecular formula is C23H22N4O2S. The van der Waals surface area contributed by atoms with Crippen molar-refractivity contribution in [3.63, 3.8) is 0 Å². The summed E-state index contributed by atoms with van der Waals surface area (Å²) in [6.07, 6.45) is 0.312. The Balaban J connectivity index is 1.48. The van der Waals surface area contributed by atoms with E-state index in [2.05, 4.69) is 15.3 Å². The number of pyridine rings is 1. The summed E-state index contributed by atoms with van der Waals surface area (Å²) >= 11 is 1.42. The first-order valence-corrected chi connectivity index (χ1v) is 10.8. The number of hydrogen-bond acceptors (Lipinski definition) is 5. The van der Waals surface area contributed by atoms with Crippen LogP contribution in [-0.2, 0) is 11.3 Å².